The van der Waals surface area contributed by atoms with Gasteiger partial charge in [-0.3, -0.25) is 19.6 Å². The Morgan fingerprint density at radius 1 is 1.00 bits per heavy atom. The molecule has 2 amide bonds. The Morgan fingerprint density at radius 3 is 2.65 bits per heavy atom. The molecule has 1 atom stereocenters. The molecule has 3 N–H and O–H groups in total. The molecule has 248 valence electrons. The number of benzene rings is 3. The number of H-pyrrole nitrogens is 1. The van der Waals surface area contributed by atoms with E-state index in [0.29, 0.717) is 65.9 Å². The van der Waals surface area contributed by atoms with Gasteiger partial charge in [0.25, 0.3) is 5.91 Å². The number of hydrogen-bond acceptors (Lipinski definition) is 9. The molecule has 49 heavy (non-hydrogen) atoms. The number of β-amino-alcohol motifs (C(OH)–C–C–N with tert-alkyl or cyclic N) is 1. The Hall–Kier alpha value is -5.66. The van der Waals surface area contributed by atoms with E-state index >= 15 is 4.39 Å². The summed E-state index contributed by atoms with van der Waals surface area (Å²) in [5.74, 6) is 0.763. The average molecular weight is 662 g/mol. The Morgan fingerprint density at radius 2 is 1.84 bits per heavy atom. The maximum Gasteiger partial charge on any atom is 0.257 e. The van der Waals surface area contributed by atoms with Crippen molar-refractivity contribution in [1.82, 2.24) is 30.0 Å². The van der Waals surface area contributed by atoms with Crippen LogP contribution < -0.4 is 14.8 Å². The predicted molar refractivity (Wildman–Crippen MR) is 179 cm³/mol. The number of halogens is 1. The number of nitrogens with zero attached hydrogens (tertiary/aromatic N) is 5. The molecule has 3 aliphatic rings. The van der Waals surface area contributed by atoms with Crippen LogP contribution in [-0.4, -0.2) is 92.0 Å². The molecule has 3 aromatic carbocycles. The topological polar surface area (TPSA) is 146 Å². The molecule has 0 bridgehead atoms. The second-order valence-corrected chi connectivity index (χ2v) is 12.4. The van der Waals surface area contributed by atoms with E-state index in [0.717, 1.165) is 22.0 Å². The molecule has 0 spiro atoms. The highest BCUT2D eigenvalue weighted by atomic mass is 19.1. The van der Waals surface area contributed by atoms with Crippen LogP contribution in [0.3, 0.4) is 0 Å². The number of aliphatic hydroxyl groups is 1. The van der Waals surface area contributed by atoms with E-state index in [-0.39, 0.29) is 38.0 Å². The van der Waals surface area contributed by atoms with Gasteiger partial charge in [0.1, 0.15) is 11.5 Å². The molecule has 1 saturated heterocycles. The number of carbonyl (C=O) groups excluding carboxylic acids is 2. The number of hydrogen-bond donors (Lipinski definition) is 3. The fourth-order valence-electron chi connectivity index (χ4n) is 6.59. The van der Waals surface area contributed by atoms with Crippen LogP contribution in [-0.2, 0) is 9.59 Å². The Bertz CT molecular complexity index is 2120. The van der Waals surface area contributed by atoms with Gasteiger partial charge in [-0.15, -0.1) is 0 Å². The third-order valence-corrected chi connectivity index (χ3v) is 9.28. The highest BCUT2D eigenvalue weighted by molar-refractivity contribution is 6.01. The number of aromatic nitrogens is 4. The van der Waals surface area contributed by atoms with Crippen molar-refractivity contribution in [1.29, 1.82) is 0 Å². The first-order valence-corrected chi connectivity index (χ1v) is 16.0. The lowest BCUT2D eigenvalue weighted by Crippen LogP contribution is -2.47. The van der Waals surface area contributed by atoms with Gasteiger partial charge >= 0.3 is 0 Å². The van der Waals surface area contributed by atoms with Crippen LogP contribution in [0.4, 0.5) is 10.1 Å². The first-order valence-electron chi connectivity index (χ1n) is 16.0. The minimum absolute atomic E-state index is 0.0264. The molecule has 0 radical (unpaired) electrons. The first-order chi connectivity index (χ1) is 23.8. The van der Waals surface area contributed by atoms with E-state index in [1.807, 2.05) is 36.4 Å². The Kier molecular flexibility index (Phi) is 7.77. The maximum atomic E-state index is 15.1. The molecule has 5 heterocycles. The van der Waals surface area contributed by atoms with Gasteiger partial charge in [-0.05, 0) is 66.9 Å². The van der Waals surface area contributed by atoms with Gasteiger partial charge in [0.2, 0.25) is 12.7 Å². The van der Waals surface area contributed by atoms with Crippen LogP contribution in [0.25, 0.3) is 39.1 Å². The van der Waals surface area contributed by atoms with Gasteiger partial charge in [-0.25, -0.2) is 14.4 Å². The number of carbonyl (C=O) groups is 2. The van der Waals surface area contributed by atoms with Gasteiger partial charge < -0.3 is 24.8 Å². The third-order valence-electron chi connectivity index (χ3n) is 9.28. The lowest BCUT2D eigenvalue weighted by Gasteiger charge is -2.29. The summed E-state index contributed by atoms with van der Waals surface area (Å²) in [4.78, 5) is 38.4. The van der Waals surface area contributed by atoms with Crippen LogP contribution in [0.1, 0.15) is 18.4 Å². The molecule has 8 rings (SSSR count). The molecule has 12 nitrogen and oxygen atoms in total. The minimum atomic E-state index is -1.66. The largest absolute Gasteiger partial charge is 0.454 e. The summed E-state index contributed by atoms with van der Waals surface area (Å²) < 4.78 is 26.0. The quantitative estimate of drug-likeness (QED) is 0.233. The van der Waals surface area contributed by atoms with Gasteiger partial charge in [-0.1, -0.05) is 18.2 Å². The van der Waals surface area contributed by atoms with E-state index in [1.165, 1.54) is 6.07 Å². The summed E-state index contributed by atoms with van der Waals surface area (Å²) in [6, 6.07) is 17.6. The summed E-state index contributed by atoms with van der Waals surface area (Å²) in [6.45, 7) is 1.45. The molecule has 2 aromatic heterocycles. The highest BCUT2D eigenvalue weighted by Gasteiger charge is 2.43. The van der Waals surface area contributed by atoms with Crippen molar-refractivity contribution in [3.8, 4) is 34.1 Å². The number of anilines is 1. The lowest BCUT2D eigenvalue weighted by atomic mass is 9.97. The number of nitrogens with one attached hydrogen (secondary N) is 2. The average Bonchev–Trinajstić information content (AvgIpc) is 3.87. The van der Waals surface area contributed by atoms with E-state index in [2.05, 4.69) is 25.5 Å². The maximum absolute atomic E-state index is 15.1. The number of aromatic amines is 1. The van der Waals surface area contributed by atoms with Gasteiger partial charge in [0, 0.05) is 66.3 Å². The van der Waals surface area contributed by atoms with Gasteiger partial charge in [0.05, 0.1) is 12.1 Å². The monoisotopic (exact) mass is 661 g/mol. The summed E-state index contributed by atoms with van der Waals surface area (Å²) in [6.07, 6.45) is 5.80. The summed E-state index contributed by atoms with van der Waals surface area (Å²) >= 11 is 0. The Balaban J connectivity index is 0.880. The van der Waals surface area contributed by atoms with E-state index < -0.39 is 11.5 Å². The zero-order chi connectivity index (χ0) is 33.5. The molecule has 0 saturated carbocycles. The second kappa shape index (κ2) is 12.4. The van der Waals surface area contributed by atoms with Crippen molar-refractivity contribution in [3.63, 3.8) is 0 Å². The van der Waals surface area contributed by atoms with Crippen molar-refractivity contribution in [2.45, 2.75) is 18.4 Å². The number of amides is 2. The summed E-state index contributed by atoms with van der Waals surface area (Å²) in [7, 11) is 0. The van der Waals surface area contributed by atoms with Crippen LogP contribution in [0.15, 0.2) is 79.1 Å². The summed E-state index contributed by atoms with van der Waals surface area (Å²) in [5, 5.41) is 22.4. The molecule has 0 unspecified atom stereocenters. The number of ether oxygens (including phenoxy) is 2. The van der Waals surface area contributed by atoms with Crippen LogP contribution in [0.5, 0.6) is 11.5 Å². The minimum Gasteiger partial charge on any atom is -0.454 e. The van der Waals surface area contributed by atoms with E-state index in [4.69, 9.17) is 9.47 Å². The second-order valence-electron chi connectivity index (χ2n) is 12.4. The standard InChI is InChI=1S/C36H32FN7O5/c37-28-16-24(34-38-11-1-12-39-34)2-5-26(28)22-8-13-44(14-9-22)32(45)19-43-15-10-36(47,20-43)35(46)40-25-4-6-29-27(18-25)33(42-41-29)23-3-7-30-31(17-23)49-21-48-30/h1-8,11-12,16-18,47H,9-10,13-15,19-21H2,(H,40,46)(H,41,42)/t36-/m0/s1. The molecule has 5 aromatic rings. The molecule has 3 aliphatic heterocycles. The number of fused-ring (bicyclic) bond motifs is 2. The zero-order valence-electron chi connectivity index (χ0n) is 26.4. The molecule has 1 fully saturated rings. The van der Waals surface area contributed by atoms with Crippen LogP contribution in [0.2, 0.25) is 0 Å². The van der Waals surface area contributed by atoms with Crippen molar-refractivity contribution in [2.75, 3.05) is 44.8 Å². The molecule has 13 heteroatoms. The van der Waals surface area contributed by atoms with Gasteiger partial charge in [0.15, 0.2) is 22.9 Å². The van der Waals surface area contributed by atoms with Crippen LogP contribution in [0, 0.1) is 5.82 Å². The normalized spacial score (nSPS) is 18.9. The van der Waals surface area contributed by atoms with Crippen molar-refractivity contribution in [2.24, 2.45) is 0 Å². The van der Waals surface area contributed by atoms with Crippen molar-refractivity contribution < 1.29 is 28.6 Å². The van der Waals surface area contributed by atoms with E-state index in [1.54, 1.807) is 46.5 Å². The molecular formula is C36H32FN7O5. The lowest BCUT2D eigenvalue weighted by molar-refractivity contribution is -0.135. The Labute approximate surface area is 280 Å². The zero-order valence-corrected chi connectivity index (χ0v) is 26.4. The SMILES string of the molecule is O=C(CN1CC[C@@](O)(C(=O)Nc2ccc3[nH]nc(-c4ccc5c(c4)OCO5)c3c2)C1)N1CC=C(c2ccc(-c3ncccn3)cc2F)CC1. The molecule has 0 aliphatic carbocycles. The van der Waals surface area contributed by atoms with E-state index in [9.17, 15) is 14.7 Å². The number of likely N-dealkylation sites (tertiary alicyclic amines) is 1. The first kappa shape index (κ1) is 30.7. The third kappa shape index (κ3) is 5.98. The van der Waals surface area contributed by atoms with Crippen LogP contribution >= 0.6 is 0 Å². The van der Waals surface area contributed by atoms with Crippen molar-refractivity contribution in [3.05, 3.63) is 90.5 Å². The molecular weight excluding hydrogens is 629 g/mol. The predicted octanol–water partition coefficient (Wildman–Crippen LogP) is 4.25. The smallest absolute Gasteiger partial charge is 0.257 e. The summed E-state index contributed by atoms with van der Waals surface area (Å²) in [5.41, 5.74) is 3.10. The van der Waals surface area contributed by atoms with Gasteiger partial charge in [-0.2, -0.15) is 5.10 Å². The number of rotatable bonds is 7. The fraction of sp³-hybridized carbons (Fsp3) is 0.250. The van der Waals surface area contributed by atoms with Crippen molar-refractivity contribution >= 4 is 34.0 Å². The highest BCUT2D eigenvalue weighted by Crippen LogP contribution is 2.38. The fourth-order valence-corrected chi connectivity index (χ4v) is 6.59.